The number of fused-ring (bicyclic) bond motifs is 3. The molecule has 2 aromatic carbocycles. The molecule has 3 aliphatic rings. The van der Waals surface area contributed by atoms with Gasteiger partial charge in [-0.05, 0) is 86.3 Å². The monoisotopic (exact) mass is 619 g/mol. The Balaban J connectivity index is 1.38. The molecule has 0 bridgehead atoms. The van der Waals surface area contributed by atoms with Crippen LogP contribution in [0.25, 0.3) is 10.9 Å². The minimum atomic E-state index is -4.50. The zero-order chi connectivity index (χ0) is 31.1. The fourth-order valence-electron chi connectivity index (χ4n) is 7.70. The number of nitrogens with zero attached hydrogens (tertiary/aromatic N) is 3. The maximum Gasteiger partial charge on any atom is 0.389 e. The summed E-state index contributed by atoms with van der Waals surface area (Å²) < 4.78 is 76.2. The molecular weight excluding hydrogens is 578 g/mol. The van der Waals surface area contributed by atoms with E-state index in [9.17, 15) is 18.3 Å². The third-order valence-electron chi connectivity index (χ3n) is 9.89. The van der Waals surface area contributed by atoms with E-state index in [1.165, 1.54) is 6.07 Å². The smallest absolute Gasteiger partial charge is 0.380 e. The third kappa shape index (κ3) is 5.84. The van der Waals surface area contributed by atoms with Gasteiger partial charge >= 0.3 is 6.18 Å². The van der Waals surface area contributed by atoms with Gasteiger partial charge in [0.2, 0.25) is 0 Å². The number of alkyl halides is 3. The molecule has 3 aromatic rings. The van der Waals surface area contributed by atoms with E-state index < -0.39 is 36.2 Å². The molecule has 3 unspecified atom stereocenters. The van der Waals surface area contributed by atoms with Crippen LogP contribution in [-0.2, 0) is 26.2 Å². The van der Waals surface area contributed by atoms with E-state index in [4.69, 9.17) is 14.2 Å². The summed E-state index contributed by atoms with van der Waals surface area (Å²) in [6.45, 7) is 2.11. The van der Waals surface area contributed by atoms with Crippen LogP contribution < -0.4 is 4.90 Å². The highest BCUT2D eigenvalue weighted by molar-refractivity contribution is 5.85. The first-order valence-corrected chi connectivity index (χ1v) is 15.6. The molecule has 3 atom stereocenters. The van der Waals surface area contributed by atoms with Gasteiger partial charge in [0.15, 0.2) is 12.5 Å². The molecule has 1 N–H and O–H groups in total. The van der Waals surface area contributed by atoms with Gasteiger partial charge in [0.25, 0.3) is 0 Å². The Morgan fingerprint density at radius 1 is 1.05 bits per heavy atom. The zero-order valence-electron chi connectivity index (χ0n) is 25.3. The summed E-state index contributed by atoms with van der Waals surface area (Å²) >= 11 is 0. The molecule has 2 saturated heterocycles. The van der Waals surface area contributed by atoms with Crippen LogP contribution >= 0.6 is 0 Å². The highest BCUT2D eigenvalue weighted by Crippen LogP contribution is 2.50. The highest BCUT2D eigenvalue weighted by atomic mass is 19.4. The number of aryl methyl sites for hydroxylation is 1. The SMILES string of the molecule is COC(OC)C1CCN(c2ccc(C3(O)c4cc(F)c5c(cnn5C5CCCCO5)c4CCCC3CC(F)(F)F)cc2)CC1. The summed E-state index contributed by atoms with van der Waals surface area (Å²) in [6, 6.07) is 8.34. The van der Waals surface area contributed by atoms with Crippen molar-refractivity contribution in [3.8, 4) is 0 Å². The fourth-order valence-corrected chi connectivity index (χ4v) is 7.70. The van der Waals surface area contributed by atoms with Crippen LogP contribution in [0.4, 0.5) is 23.2 Å². The van der Waals surface area contributed by atoms with Gasteiger partial charge in [-0.2, -0.15) is 18.3 Å². The number of ether oxygens (including phenoxy) is 3. The first-order chi connectivity index (χ1) is 21.1. The van der Waals surface area contributed by atoms with Gasteiger partial charge in [-0.1, -0.05) is 12.1 Å². The van der Waals surface area contributed by atoms with Gasteiger partial charge in [-0.3, -0.25) is 0 Å². The van der Waals surface area contributed by atoms with Crippen molar-refractivity contribution in [1.29, 1.82) is 0 Å². The largest absolute Gasteiger partial charge is 0.389 e. The van der Waals surface area contributed by atoms with E-state index >= 15 is 4.39 Å². The van der Waals surface area contributed by atoms with Crippen molar-refractivity contribution in [2.75, 3.05) is 38.8 Å². The Hall–Kier alpha value is -2.73. The van der Waals surface area contributed by atoms with E-state index in [1.54, 1.807) is 37.2 Å². The summed E-state index contributed by atoms with van der Waals surface area (Å²) in [4.78, 5) is 2.21. The molecule has 0 radical (unpaired) electrons. The molecular formula is C33H41F4N3O4. The Kier molecular flexibility index (Phi) is 8.94. The number of piperidine rings is 1. The topological polar surface area (TPSA) is 69.0 Å². The van der Waals surface area contributed by atoms with Crippen LogP contribution in [0.3, 0.4) is 0 Å². The Morgan fingerprint density at radius 3 is 2.41 bits per heavy atom. The average Bonchev–Trinajstić information content (AvgIpc) is 3.43. The number of halogens is 4. The number of benzene rings is 2. The maximum atomic E-state index is 16.1. The molecule has 1 aliphatic carbocycles. The molecule has 0 spiro atoms. The second-order valence-corrected chi connectivity index (χ2v) is 12.4. The number of hydrogen-bond acceptors (Lipinski definition) is 6. The lowest BCUT2D eigenvalue weighted by Crippen LogP contribution is -2.40. The van der Waals surface area contributed by atoms with Crippen LogP contribution in [0.1, 0.15) is 74.3 Å². The molecule has 3 heterocycles. The lowest BCUT2D eigenvalue weighted by Gasteiger charge is -2.39. The van der Waals surface area contributed by atoms with Crippen molar-refractivity contribution in [3.05, 3.63) is 59.0 Å². The minimum absolute atomic E-state index is 0.142. The van der Waals surface area contributed by atoms with Crippen molar-refractivity contribution in [2.45, 2.75) is 82.1 Å². The molecule has 240 valence electrons. The number of aromatic nitrogens is 2. The lowest BCUT2D eigenvalue weighted by molar-refractivity contribution is -0.162. The molecule has 7 nitrogen and oxygen atoms in total. The Morgan fingerprint density at radius 2 is 1.77 bits per heavy atom. The van der Waals surface area contributed by atoms with E-state index in [0.29, 0.717) is 42.4 Å². The van der Waals surface area contributed by atoms with Gasteiger partial charge in [-0.15, -0.1) is 0 Å². The lowest BCUT2D eigenvalue weighted by atomic mass is 9.72. The average molecular weight is 620 g/mol. The van der Waals surface area contributed by atoms with Gasteiger partial charge in [0, 0.05) is 63.2 Å². The molecule has 2 fully saturated rings. The molecule has 0 saturated carbocycles. The molecule has 2 aliphatic heterocycles. The maximum absolute atomic E-state index is 16.1. The van der Waals surface area contributed by atoms with Crippen LogP contribution in [0.5, 0.6) is 0 Å². The normalized spacial score (nSPS) is 25.4. The van der Waals surface area contributed by atoms with Crippen molar-refractivity contribution >= 4 is 16.6 Å². The zero-order valence-corrected chi connectivity index (χ0v) is 25.3. The summed E-state index contributed by atoms with van der Waals surface area (Å²) in [5, 5.41) is 17.5. The summed E-state index contributed by atoms with van der Waals surface area (Å²) in [6.07, 6.45) is 0.536. The van der Waals surface area contributed by atoms with E-state index in [1.807, 2.05) is 12.1 Å². The van der Waals surface area contributed by atoms with Crippen molar-refractivity contribution in [3.63, 3.8) is 0 Å². The number of hydrogen-bond donors (Lipinski definition) is 1. The van der Waals surface area contributed by atoms with E-state index in [0.717, 1.165) is 44.5 Å². The second kappa shape index (κ2) is 12.6. The Bertz CT molecular complexity index is 1430. The number of rotatable bonds is 7. The predicted octanol–water partition coefficient (Wildman–Crippen LogP) is 6.85. The standard InChI is InChI=1S/C33H41F4N3O4/c1-42-31(43-2)21-13-15-39(16-14-21)24-11-9-22(10-12-24)33(41)23(19-32(35,36)37)6-5-7-25-26-20-38-40(29-8-3-4-17-44-29)30(26)28(34)18-27(25)33/h9-12,18,20-21,23,29,31,41H,3-8,13-17,19H2,1-2H3. The van der Waals surface area contributed by atoms with Gasteiger partial charge in [0.05, 0.1) is 6.20 Å². The minimum Gasteiger partial charge on any atom is -0.380 e. The van der Waals surface area contributed by atoms with Gasteiger partial charge in [0.1, 0.15) is 16.9 Å². The number of aliphatic hydroxyl groups is 1. The fraction of sp³-hybridized carbons (Fsp3) is 0.606. The summed E-state index contributed by atoms with van der Waals surface area (Å²) in [7, 11) is 3.27. The number of methoxy groups -OCH3 is 2. The second-order valence-electron chi connectivity index (χ2n) is 12.4. The van der Waals surface area contributed by atoms with Crippen LogP contribution in [0, 0.1) is 17.7 Å². The van der Waals surface area contributed by atoms with E-state index in [-0.39, 0.29) is 29.7 Å². The van der Waals surface area contributed by atoms with Crippen molar-refractivity contribution in [1.82, 2.24) is 9.78 Å². The highest BCUT2D eigenvalue weighted by Gasteiger charge is 2.48. The van der Waals surface area contributed by atoms with Crippen LogP contribution in [0.15, 0.2) is 36.5 Å². The van der Waals surface area contributed by atoms with Crippen molar-refractivity contribution in [2.24, 2.45) is 11.8 Å². The van der Waals surface area contributed by atoms with Gasteiger partial charge < -0.3 is 24.2 Å². The molecule has 11 heteroatoms. The third-order valence-corrected chi connectivity index (χ3v) is 9.89. The first kappa shape index (κ1) is 31.3. The first-order valence-electron chi connectivity index (χ1n) is 15.6. The molecule has 44 heavy (non-hydrogen) atoms. The molecule has 6 rings (SSSR count). The Labute approximate surface area is 255 Å². The number of anilines is 1. The predicted molar refractivity (Wildman–Crippen MR) is 158 cm³/mol. The summed E-state index contributed by atoms with van der Waals surface area (Å²) in [5.74, 6) is -1.53. The van der Waals surface area contributed by atoms with Crippen molar-refractivity contribution < 1.29 is 36.9 Å². The quantitative estimate of drug-likeness (QED) is 0.177. The molecule has 0 amide bonds. The van der Waals surface area contributed by atoms with Crippen LogP contribution in [0.2, 0.25) is 0 Å². The van der Waals surface area contributed by atoms with Crippen LogP contribution in [-0.4, -0.2) is 61.3 Å². The van der Waals surface area contributed by atoms with E-state index in [2.05, 4.69) is 10.00 Å². The van der Waals surface area contributed by atoms with Gasteiger partial charge in [-0.25, -0.2) is 9.07 Å². The molecule has 1 aromatic heterocycles. The summed E-state index contributed by atoms with van der Waals surface area (Å²) in [5.41, 5.74) is 0.308.